The number of aliphatic hydroxyl groups excluding tert-OH is 1. The third kappa shape index (κ3) is 71.1. The lowest BCUT2D eigenvalue weighted by molar-refractivity contribution is -0.161. The van der Waals surface area contributed by atoms with Gasteiger partial charge in [0.25, 0.3) is 0 Å². The number of esters is 4. The van der Waals surface area contributed by atoms with Gasteiger partial charge in [-0.25, -0.2) is 9.13 Å². The minimum atomic E-state index is -4.96. The summed E-state index contributed by atoms with van der Waals surface area (Å²) in [5.41, 5.74) is 0. The number of rotatable bonds is 76. The maximum atomic E-state index is 13.1. The molecule has 0 aromatic rings. The zero-order valence-electron chi connectivity index (χ0n) is 64.4. The van der Waals surface area contributed by atoms with Crippen LogP contribution in [0.2, 0.25) is 0 Å². The van der Waals surface area contributed by atoms with Crippen molar-refractivity contribution in [2.24, 2.45) is 23.7 Å². The Kier molecular flexibility index (Phi) is 66.8. The van der Waals surface area contributed by atoms with Gasteiger partial charge in [-0.15, -0.1) is 0 Å². The van der Waals surface area contributed by atoms with E-state index in [0.29, 0.717) is 37.5 Å². The van der Waals surface area contributed by atoms with Gasteiger partial charge in [-0.05, 0) is 49.4 Å². The van der Waals surface area contributed by atoms with E-state index < -0.39 is 97.5 Å². The van der Waals surface area contributed by atoms with Gasteiger partial charge in [0.2, 0.25) is 0 Å². The molecule has 17 nitrogen and oxygen atoms in total. The zero-order valence-corrected chi connectivity index (χ0v) is 66.2. The number of ether oxygens (including phenoxy) is 4. The van der Waals surface area contributed by atoms with Crippen molar-refractivity contribution >= 4 is 39.5 Å². The molecule has 582 valence electrons. The lowest BCUT2D eigenvalue weighted by Gasteiger charge is -2.21. The molecule has 0 aromatic carbocycles. The van der Waals surface area contributed by atoms with E-state index in [4.69, 9.17) is 37.0 Å². The van der Waals surface area contributed by atoms with Crippen LogP contribution in [0, 0.1) is 23.7 Å². The zero-order chi connectivity index (χ0) is 72.4. The largest absolute Gasteiger partial charge is 0.472 e. The van der Waals surface area contributed by atoms with E-state index in [0.717, 1.165) is 108 Å². The number of unbranched alkanes of at least 4 members (excludes halogenated alkanes) is 41. The third-order valence-corrected chi connectivity index (χ3v) is 20.6. The molecular formula is C79H154O17P2. The maximum absolute atomic E-state index is 13.1. The van der Waals surface area contributed by atoms with E-state index in [2.05, 4.69) is 55.4 Å². The van der Waals surface area contributed by atoms with E-state index in [1.807, 2.05) is 0 Å². The molecule has 0 saturated carbocycles. The molecule has 98 heavy (non-hydrogen) atoms. The van der Waals surface area contributed by atoms with Crippen molar-refractivity contribution in [2.75, 3.05) is 39.6 Å². The van der Waals surface area contributed by atoms with Crippen molar-refractivity contribution in [1.29, 1.82) is 0 Å². The number of hydrogen-bond donors (Lipinski definition) is 3. The van der Waals surface area contributed by atoms with Gasteiger partial charge in [0.05, 0.1) is 26.4 Å². The quantitative estimate of drug-likeness (QED) is 0.0222. The number of phosphoric acid groups is 2. The van der Waals surface area contributed by atoms with E-state index >= 15 is 0 Å². The Morgan fingerprint density at radius 3 is 0.724 bits per heavy atom. The molecule has 19 heteroatoms. The number of hydrogen-bond acceptors (Lipinski definition) is 15. The molecule has 0 heterocycles. The Morgan fingerprint density at radius 1 is 0.286 bits per heavy atom. The fourth-order valence-electron chi connectivity index (χ4n) is 12.0. The lowest BCUT2D eigenvalue weighted by Crippen LogP contribution is -2.30. The van der Waals surface area contributed by atoms with Crippen molar-refractivity contribution in [1.82, 2.24) is 0 Å². The highest BCUT2D eigenvalue weighted by Crippen LogP contribution is 2.45. The first kappa shape index (κ1) is 96.1. The summed E-state index contributed by atoms with van der Waals surface area (Å²) in [5, 5.41) is 10.6. The minimum Gasteiger partial charge on any atom is -0.462 e. The van der Waals surface area contributed by atoms with Crippen molar-refractivity contribution in [3.05, 3.63) is 0 Å². The molecule has 0 aromatic heterocycles. The van der Waals surface area contributed by atoms with Crippen molar-refractivity contribution < 1.29 is 80.2 Å². The van der Waals surface area contributed by atoms with Gasteiger partial charge in [0, 0.05) is 25.7 Å². The first-order valence-electron chi connectivity index (χ1n) is 40.7. The predicted molar refractivity (Wildman–Crippen MR) is 400 cm³/mol. The Hall–Kier alpha value is -1.94. The smallest absolute Gasteiger partial charge is 0.462 e. The summed E-state index contributed by atoms with van der Waals surface area (Å²) in [5.74, 6) is 0.901. The van der Waals surface area contributed by atoms with Gasteiger partial charge in [0.1, 0.15) is 19.3 Å². The summed E-state index contributed by atoms with van der Waals surface area (Å²) in [4.78, 5) is 72.8. The third-order valence-electron chi connectivity index (χ3n) is 18.7. The second kappa shape index (κ2) is 68.2. The fourth-order valence-corrected chi connectivity index (χ4v) is 13.6. The summed E-state index contributed by atoms with van der Waals surface area (Å²) < 4.78 is 68.5. The van der Waals surface area contributed by atoms with Crippen LogP contribution < -0.4 is 0 Å². The summed E-state index contributed by atoms with van der Waals surface area (Å²) in [6, 6.07) is 0. The van der Waals surface area contributed by atoms with Crippen LogP contribution >= 0.6 is 15.6 Å². The molecule has 3 unspecified atom stereocenters. The molecule has 0 rings (SSSR count). The molecule has 3 N–H and O–H groups in total. The molecule has 0 aliphatic rings. The van der Waals surface area contributed by atoms with Crippen molar-refractivity contribution in [3.63, 3.8) is 0 Å². The molecule has 0 saturated heterocycles. The highest BCUT2D eigenvalue weighted by Gasteiger charge is 2.30. The van der Waals surface area contributed by atoms with Crippen LogP contribution in [0.1, 0.15) is 402 Å². The molecule has 0 amide bonds. The van der Waals surface area contributed by atoms with Gasteiger partial charge in [-0.1, -0.05) is 351 Å². The normalized spacial score (nSPS) is 14.3. The Balaban J connectivity index is 5.09. The molecule has 0 fully saturated rings. The van der Waals surface area contributed by atoms with Crippen LogP contribution in [0.15, 0.2) is 0 Å². The molecular weight excluding hydrogens is 1280 g/mol. The van der Waals surface area contributed by atoms with E-state index in [1.165, 1.54) is 199 Å². The Bertz CT molecular complexity index is 1920. The topological polar surface area (TPSA) is 237 Å². The van der Waals surface area contributed by atoms with Crippen LogP contribution in [0.4, 0.5) is 0 Å². The number of aliphatic hydroxyl groups is 1. The second-order valence-corrected chi connectivity index (χ2v) is 33.0. The van der Waals surface area contributed by atoms with E-state index in [-0.39, 0.29) is 25.7 Å². The second-order valence-electron chi connectivity index (χ2n) is 30.1. The summed E-state index contributed by atoms with van der Waals surface area (Å²) in [6.45, 7) is 14.1. The number of carbonyl (C=O) groups is 4. The summed E-state index contributed by atoms with van der Waals surface area (Å²) in [7, 11) is -9.91. The number of phosphoric ester groups is 2. The Morgan fingerprint density at radius 2 is 0.490 bits per heavy atom. The standard InChI is InChI=1S/C79H154O17P2/c1-9-72(8)58-50-42-32-28-24-20-16-12-10-11-13-17-22-26-30-34-45-53-61-78(83)95-74(66-90-77(82)60-52-44-37-35-40-48-56-70(4)5)67-93-97(85,86)91-63-73(80)64-92-98(87,88)94-68-75(96-79(84)62-54-46-38-36-41-49-57-71(6)7)65-89-76(81)59-51-43-33-29-25-21-18-14-15-19-23-27-31-39-47-55-69(2)3/h69-75,80H,9-68H2,1-8H3,(H,85,86)(H,87,88)/t72?,73-,74+,75+/m0/s1. The van der Waals surface area contributed by atoms with Crippen molar-refractivity contribution in [3.8, 4) is 0 Å². The summed E-state index contributed by atoms with van der Waals surface area (Å²) >= 11 is 0. The molecule has 0 radical (unpaired) electrons. The highest BCUT2D eigenvalue weighted by atomic mass is 31.2. The van der Waals surface area contributed by atoms with Gasteiger partial charge in [-0.2, -0.15) is 0 Å². The SMILES string of the molecule is CCC(C)CCCCCCCCCCCCCCCCCCCCC(=O)O[C@H](COC(=O)CCCCCCCCC(C)C)COP(=O)(O)OC[C@H](O)COP(=O)(O)OC[C@@H](COC(=O)CCCCCCCCCCCCCCCCCC(C)C)OC(=O)CCCCCCCCC(C)C. The van der Waals surface area contributed by atoms with Crippen LogP contribution in [-0.4, -0.2) is 96.7 Å². The van der Waals surface area contributed by atoms with E-state index in [1.54, 1.807) is 0 Å². The Labute approximate surface area is 600 Å². The maximum Gasteiger partial charge on any atom is 0.472 e. The predicted octanol–water partition coefficient (Wildman–Crippen LogP) is 23.2. The van der Waals surface area contributed by atoms with E-state index in [9.17, 15) is 43.2 Å². The van der Waals surface area contributed by atoms with Gasteiger partial charge >= 0.3 is 39.5 Å². The van der Waals surface area contributed by atoms with Crippen molar-refractivity contribution in [2.45, 2.75) is 420 Å². The molecule has 0 bridgehead atoms. The first-order chi connectivity index (χ1) is 47.1. The van der Waals surface area contributed by atoms with Crippen LogP contribution in [-0.2, 0) is 65.4 Å². The van der Waals surface area contributed by atoms with Gasteiger partial charge < -0.3 is 33.8 Å². The van der Waals surface area contributed by atoms with Crippen LogP contribution in [0.25, 0.3) is 0 Å². The van der Waals surface area contributed by atoms with Gasteiger partial charge in [0.15, 0.2) is 12.2 Å². The minimum absolute atomic E-state index is 0.102. The molecule has 0 aliphatic carbocycles. The first-order valence-corrected chi connectivity index (χ1v) is 43.7. The fraction of sp³-hybridized carbons (Fsp3) is 0.949. The molecule has 0 aliphatic heterocycles. The number of carbonyl (C=O) groups excluding carboxylic acids is 4. The average molecular weight is 1440 g/mol. The summed E-state index contributed by atoms with van der Waals surface area (Å²) in [6.07, 6.45) is 54.6. The van der Waals surface area contributed by atoms with Crippen LogP contribution in [0.3, 0.4) is 0 Å². The monoisotopic (exact) mass is 1440 g/mol. The highest BCUT2D eigenvalue weighted by molar-refractivity contribution is 7.47. The lowest BCUT2D eigenvalue weighted by atomic mass is 9.99. The van der Waals surface area contributed by atoms with Crippen LogP contribution in [0.5, 0.6) is 0 Å². The molecule has 0 spiro atoms. The van der Waals surface area contributed by atoms with Gasteiger partial charge in [-0.3, -0.25) is 37.3 Å². The molecule has 6 atom stereocenters. The average Bonchev–Trinajstić information content (AvgIpc) is 0.932.